The van der Waals surface area contributed by atoms with Crippen molar-refractivity contribution in [2.24, 2.45) is 0 Å². The molecule has 0 unspecified atom stereocenters. The molecule has 0 bridgehead atoms. The number of rotatable bonds is 6. The number of benzene rings is 2. The van der Waals surface area contributed by atoms with Gasteiger partial charge in [-0.25, -0.2) is 0 Å². The quantitative estimate of drug-likeness (QED) is 0.277. The molecule has 11 nitrogen and oxygen atoms in total. The number of carbonyl (C=O) groups is 1. The second-order valence-electron chi connectivity index (χ2n) is 7.16. The van der Waals surface area contributed by atoms with Crippen LogP contribution >= 0.6 is 11.3 Å². The predicted octanol–water partition coefficient (Wildman–Crippen LogP) is 4.59. The van der Waals surface area contributed by atoms with Crippen molar-refractivity contribution in [3.63, 3.8) is 0 Å². The minimum absolute atomic E-state index is 0.00461. The molecule has 1 N–H and O–H groups in total. The molecule has 3 aromatic heterocycles. The van der Waals surface area contributed by atoms with Crippen LogP contribution in [0.3, 0.4) is 0 Å². The highest BCUT2D eigenvalue weighted by molar-refractivity contribution is 7.19. The Bertz CT molecular complexity index is 1550. The number of nitrogens with zero attached hydrogens (tertiary/aromatic N) is 5. The molecule has 2 aromatic carbocycles. The lowest BCUT2D eigenvalue weighted by atomic mass is 10.1. The molecule has 0 saturated heterocycles. The fraction of sp³-hybridized carbons (Fsp3) is 0.0909. The van der Waals surface area contributed by atoms with Crippen molar-refractivity contribution in [1.29, 1.82) is 0 Å². The molecule has 0 spiro atoms. The van der Waals surface area contributed by atoms with Crippen molar-refractivity contribution < 1.29 is 18.9 Å². The van der Waals surface area contributed by atoms with E-state index in [1.807, 2.05) is 13.0 Å². The smallest absolute Gasteiger partial charge is 0.291 e. The summed E-state index contributed by atoms with van der Waals surface area (Å²) in [4.78, 5) is 24.4. The van der Waals surface area contributed by atoms with E-state index >= 15 is 0 Å². The number of aryl methyl sites for hydroxylation is 1. The lowest BCUT2D eigenvalue weighted by Gasteiger charge is -2.10. The highest BCUT2D eigenvalue weighted by Crippen LogP contribution is 2.34. The van der Waals surface area contributed by atoms with Crippen molar-refractivity contribution in [1.82, 2.24) is 19.8 Å². The molecular formula is C22H16N6O5S. The second kappa shape index (κ2) is 8.41. The van der Waals surface area contributed by atoms with Gasteiger partial charge in [0.25, 0.3) is 11.6 Å². The zero-order valence-corrected chi connectivity index (χ0v) is 18.7. The first kappa shape index (κ1) is 21.3. The second-order valence-corrected chi connectivity index (χ2v) is 8.11. The molecule has 34 heavy (non-hydrogen) atoms. The van der Waals surface area contributed by atoms with Crippen LogP contribution in [0.2, 0.25) is 0 Å². The third-order valence-corrected chi connectivity index (χ3v) is 5.99. The van der Waals surface area contributed by atoms with Gasteiger partial charge in [0.1, 0.15) is 16.5 Å². The number of amides is 1. The van der Waals surface area contributed by atoms with Gasteiger partial charge in [-0.2, -0.15) is 9.61 Å². The number of nitro groups is 1. The first-order valence-corrected chi connectivity index (χ1v) is 10.8. The standard InChI is InChI=1S/C22H16N6O5S/c1-12-24-25-22-27(12)26-21(34-22)13-7-8-18(32-2)15(11-13)23-20(29)19-10-9-17(33-19)14-5-3-4-6-16(14)28(30)31/h3-11H,1-2H3,(H,23,29). The lowest BCUT2D eigenvalue weighted by Crippen LogP contribution is -2.11. The number of furan rings is 1. The van der Waals surface area contributed by atoms with E-state index in [4.69, 9.17) is 9.15 Å². The van der Waals surface area contributed by atoms with Crippen molar-refractivity contribution in [2.45, 2.75) is 6.92 Å². The van der Waals surface area contributed by atoms with E-state index in [1.54, 1.807) is 34.8 Å². The maximum Gasteiger partial charge on any atom is 0.291 e. The molecule has 0 aliphatic heterocycles. The number of ether oxygens (including phenoxy) is 1. The average Bonchev–Trinajstić information content (AvgIpc) is 3.57. The van der Waals surface area contributed by atoms with Gasteiger partial charge in [-0.3, -0.25) is 14.9 Å². The Labute approximate surface area is 195 Å². The fourth-order valence-electron chi connectivity index (χ4n) is 3.40. The number of anilines is 1. The lowest BCUT2D eigenvalue weighted by molar-refractivity contribution is -0.384. The summed E-state index contributed by atoms with van der Waals surface area (Å²) in [5.41, 5.74) is 1.34. The molecule has 0 saturated carbocycles. The van der Waals surface area contributed by atoms with Gasteiger partial charge in [-0.1, -0.05) is 23.5 Å². The Hall–Kier alpha value is -4.58. The highest BCUT2D eigenvalue weighted by atomic mass is 32.1. The van der Waals surface area contributed by atoms with Crippen LogP contribution < -0.4 is 10.1 Å². The highest BCUT2D eigenvalue weighted by Gasteiger charge is 2.20. The molecule has 0 atom stereocenters. The van der Waals surface area contributed by atoms with Crippen LogP contribution in [0.15, 0.2) is 59.0 Å². The number of aromatic nitrogens is 4. The molecule has 5 rings (SSSR count). The van der Waals surface area contributed by atoms with Crippen molar-refractivity contribution in [3.05, 3.63) is 76.3 Å². The third kappa shape index (κ3) is 3.75. The molecular weight excluding hydrogens is 460 g/mol. The number of nitro benzene ring substituents is 1. The molecule has 0 radical (unpaired) electrons. The summed E-state index contributed by atoms with van der Waals surface area (Å²) in [5.74, 6) is 0.797. The SMILES string of the molecule is COc1ccc(-c2nn3c(C)nnc3s2)cc1NC(=O)c1ccc(-c2ccccc2[N+](=O)[O-])o1. The van der Waals surface area contributed by atoms with Crippen molar-refractivity contribution in [3.8, 4) is 27.6 Å². The van der Waals surface area contributed by atoms with E-state index in [0.29, 0.717) is 27.2 Å². The van der Waals surface area contributed by atoms with Crippen LogP contribution in [-0.4, -0.2) is 37.8 Å². The Kier molecular flexibility index (Phi) is 5.26. The minimum Gasteiger partial charge on any atom is -0.495 e. The van der Waals surface area contributed by atoms with Crippen LogP contribution in [0.5, 0.6) is 5.75 Å². The number of fused-ring (bicyclic) bond motifs is 1. The van der Waals surface area contributed by atoms with Gasteiger partial charge in [0.15, 0.2) is 11.6 Å². The Morgan fingerprint density at radius 2 is 2.00 bits per heavy atom. The van der Waals surface area contributed by atoms with Gasteiger partial charge >= 0.3 is 0 Å². The summed E-state index contributed by atoms with van der Waals surface area (Å²) in [6, 6.07) is 14.4. The van der Waals surface area contributed by atoms with Gasteiger partial charge in [-0.15, -0.1) is 10.2 Å². The van der Waals surface area contributed by atoms with E-state index in [-0.39, 0.29) is 22.8 Å². The van der Waals surface area contributed by atoms with E-state index in [1.165, 1.54) is 36.6 Å². The molecule has 0 aliphatic carbocycles. The Balaban J connectivity index is 1.44. The molecule has 1 amide bonds. The molecule has 0 fully saturated rings. The number of methoxy groups -OCH3 is 1. The number of carbonyl (C=O) groups excluding carboxylic acids is 1. The van der Waals surface area contributed by atoms with Crippen LogP contribution in [0.4, 0.5) is 11.4 Å². The summed E-state index contributed by atoms with van der Waals surface area (Å²) in [6.45, 7) is 1.81. The topological polar surface area (TPSA) is 138 Å². The summed E-state index contributed by atoms with van der Waals surface area (Å²) in [6.07, 6.45) is 0. The largest absolute Gasteiger partial charge is 0.495 e. The fourth-order valence-corrected chi connectivity index (χ4v) is 4.28. The van der Waals surface area contributed by atoms with Gasteiger partial charge in [0, 0.05) is 11.6 Å². The van der Waals surface area contributed by atoms with Gasteiger partial charge in [0.05, 0.1) is 23.3 Å². The van der Waals surface area contributed by atoms with E-state index in [2.05, 4.69) is 20.6 Å². The maximum atomic E-state index is 12.9. The van der Waals surface area contributed by atoms with Crippen molar-refractivity contribution >= 4 is 33.6 Å². The Morgan fingerprint density at radius 1 is 1.18 bits per heavy atom. The molecule has 12 heteroatoms. The van der Waals surface area contributed by atoms with Crippen molar-refractivity contribution in [2.75, 3.05) is 12.4 Å². The minimum atomic E-state index is -0.533. The number of para-hydroxylation sites is 1. The number of nitrogens with one attached hydrogen (secondary N) is 1. The van der Waals surface area contributed by atoms with E-state index in [9.17, 15) is 14.9 Å². The summed E-state index contributed by atoms with van der Waals surface area (Å²) < 4.78 is 12.7. The molecule has 0 aliphatic rings. The molecule has 170 valence electrons. The van der Waals surface area contributed by atoms with E-state index in [0.717, 1.165) is 5.56 Å². The first-order chi connectivity index (χ1) is 16.4. The zero-order valence-electron chi connectivity index (χ0n) is 17.9. The van der Waals surface area contributed by atoms with E-state index < -0.39 is 10.8 Å². The van der Waals surface area contributed by atoms with Crippen LogP contribution in [0.25, 0.3) is 26.9 Å². The average molecular weight is 476 g/mol. The molecule has 5 aromatic rings. The number of hydrogen-bond donors (Lipinski definition) is 1. The van der Waals surface area contributed by atoms with Crippen LogP contribution in [0, 0.1) is 17.0 Å². The predicted molar refractivity (Wildman–Crippen MR) is 124 cm³/mol. The third-order valence-electron chi connectivity index (χ3n) is 5.04. The normalized spacial score (nSPS) is 11.0. The Morgan fingerprint density at radius 3 is 2.76 bits per heavy atom. The van der Waals surface area contributed by atoms with Crippen LogP contribution in [-0.2, 0) is 0 Å². The molecule has 3 heterocycles. The van der Waals surface area contributed by atoms with Gasteiger partial charge in [-0.05, 0) is 43.3 Å². The van der Waals surface area contributed by atoms with Gasteiger partial charge < -0.3 is 14.5 Å². The summed E-state index contributed by atoms with van der Waals surface area (Å²) >= 11 is 1.36. The van der Waals surface area contributed by atoms with Crippen LogP contribution in [0.1, 0.15) is 16.4 Å². The summed E-state index contributed by atoms with van der Waals surface area (Å²) in [5, 5.41) is 27.4. The first-order valence-electron chi connectivity index (χ1n) is 9.97. The monoisotopic (exact) mass is 476 g/mol. The zero-order chi connectivity index (χ0) is 23.8. The van der Waals surface area contributed by atoms with Gasteiger partial charge in [0.2, 0.25) is 4.96 Å². The summed E-state index contributed by atoms with van der Waals surface area (Å²) in [7, 11) is 1.50. The maximum absolute atomic E-state index is 12.9. The number of hydrogen-bond acceptors (Lipinski definition) is 9.